The van der Waals surface area contributed by atoms with E-state index in [-0.39, 0.29) is 6.10 Å². The Morgan fingerprint density at radius 1 is 1.29 bits per heavy atom. The van der Waals surface area contributed by atoms with Crippen molar-refractivity contribution in [2.24, 2.45) is 0 Å². The van der Waals surface area contributed by atoms with Crippen molar-refractivity contribution in [1.29, 1.82) is 0 Å². The molecule has 88 valence electrons. The Kier molecular flexibility index (Phi) is 5.07. The summed E-state index contributed by atoms with van der Waals surface area (Å²) in [5.41, 5.74) is 0. The summed E-state index contributed by atoms with van der Waals surface area (Å²) in [5, 5.41) is 4.89. The van der Waals surface area contributed by atoms with Gasteiger partial charge in [-0.05, 0) is 17.5 Å². The standard InChI is InChI=1S/C10H11O2.C4H3S/c1-2-4-9(5-3-1)12-10-6-7-11-8-10;1-2-4-5-3-1/h1-4,10H,6-8H2;1-3H. The minimum atomic E-state index is 0.226. The molecule has 1 fully saturated rings. The molecule has 2 heterocycles. The maximum absolute atomic E-state index is 5.59. The molecule has 3 heteroatoms. The number of benzene rings is 1. The monoisotopic (exact) mass is 246 g/mol. The molecule has 1 aliphatic rings. The van der Waals surface area contributed by atoms with E-state index in [1.54, 1.807) is 11.3 Å². The molecule has 0 N–H and O–H groups in total. The van der Waals surface area contributed by atoms with E-state index in [1.807, 2.05) is 41.8 Å². The van der Waals surface area contributed by atoms with E-state index in [0.717, 1.165) is 18.8 Å². The lowest BCUT2D eigenvalue weighted by atomic mass is 10.3. The Morgan fingerprint density at radius 2 is 2.29 bits per heavy atom. The van der Waals surface area contributed by atoms with Gasteiger partial charge in [-0.15, -0.1) is 11.3 Å². The Balaban J connectivity index is 0.000000181. The van der Waals surface area contributed by atoms with Crippen LogP contribution in [0, 0.1) is 11.4 Å². The second-order valence-corrected chi connectivity index (χ2v) is 4.30. The third-order valence-corrected chi connectivity index (χ3v) is 2.81. The van der Waals surface area contributed by atoms with Crippen molar-refractivity contribution in [3.05, 3.63) is 53.2 Å². The fraction of sp³-hybridized carbons (Fsp3) is 0.286. The second kappa shape index (κ2) is 7.09. The molecule has 2 radical (unpaired) electrons. The van der Waals surface area contributed by atoms with Crippen LogP contribution in [0.3, 0.4) is 0 Å². The zero-order valence-electron chi connectivity index (χ0n) is 9.46. The Morgan fingerprint density at radius 3 is 2.82 bits per heavy atom. The van der Waals surface area contributed by atoms with Gasteiger partial charge in [-0.25, -0.2) is 0 Å². The zero-order chi connectivity index (χ0) is 11.8. The van der Waals surface area contributed by atoms with E-state index in [4.69, 9.17) is 9.47 Å². The summed E-state index contributed by atoms with van der Waals surface area (Å²) in [5.74, 6) is 0.813. The minimum absolute atomic E-state index is 0.226. The van der Waals surface area contributed by atoms with E-state index in [0.29, 0.717) is 6.61 Å². The predicted molar refractivity (Wildman–Crippen MR) is 68.3 cm³/mol. The predicted octanol–water partition coefficient (Wildman–Crippen LogP) is 3.20. The van der Waals surface area contributed by atoms with Crippen molar-refractivity contribution in [3.8, 4) is 5.75 Å². The van der Waals surface area contributed by atoms with Crippen LogP contribution in [-0.2, 0) is 4.74 Å². The van der Waals surface area contributed by atoms with Crippen molar-refractivity contribution < 1.29 is 9.47 Å². The van der Waals surface area contributed by atoms with Crippen LogP contribution in [0.5, 0.6) is 5.75 Å². The molecule has 2 nitrogen and oxygen atoms in total. The van der Waals surface area contributed by atoms with Crippen LogP contribution in [0.25, 0.3) is 0 Å². The van der Waals surface area contributed by atoms with E-state index in [9.17, 15) is 0 Å². The van der Waals surface area contributed by atoms with E-state index < -0.39 is 0 Å². The molecule has 2 aromatic rings. The van der Waals surface area contributed by atoms with Gasteiger partial charge in [-0.1, -0.05) is 24.3 Å². The van der Waals surface area contributed by atoms with E-state index in [1.165, 1.54) is 0 Å². The van der Waals surface area contributed by atoms with E-state index in [2.05, 4.69) is 11.4 Å². The van der Waals surface area contributed by atoms with E-state index >= 15 is 0 Å². The molecule has 3 rings (SSSR count). The van der Waals surface area contributed by atoms with Crippen molar-refractivity contribution in [1.82, 2.24) is 0 Å². The highest BCUT2D eigenvalue weighted by atomic mass is 32.1. The molecular weight excluding hydrogens is 232 g/mol. The van der Waals surface area contributed by atoms with Gasteiger partial charge in [0.1, 0.15) is 11.9 Å². The summed E-state index contributed by atoms with van der Waals surface area (Å²) >= 11 is 1.59. The molecule has 1 unspecified atom stereocenters. The SMILES string of the molecule is [c]1ccccc1OC1CCOC1.[c]1cccs1. The smallest absolute Gasteiger partial charge is 0.127 e. The van der Waals surface area contributed by atoms with Crippen molar-refractivity contribution in [2.75, 3.05) is 13.2 Å². The molecule has 1 aromatic carbocycles. The molecule has 0 spiro atoms. The highest BCUT2D eigenvalue weighted by Gasteiger charge is 2.16. The molecule has 0 amide bonds. The molecule has 17 heavy (non-hydrogen) atoms. The lowest BCUT2D eigenvalue weighted by Crippen LogP contribution is -2.15. The largest absolute Gasteiger partial charge is 0.487 e. The van der Waals surface area contributed by atoms with Gasteiger partial charge in [-0.3, -0.25) is 0 Å². The van der Waals surface area contributed by atoms with Crippen molar-refractivity contribution >= 4 is 11.3 Å². The summed E-state index contributed by atoms with van der Waals surface area (Å²) in [7, 11) is 0. The fourth-order valence-electron chi connectivity index (χ4n) is 1.43. The number of ether oxygens (including phenoxy) is 2. The second-order valence-electron chi connectivity index (χ2n) is 3.56. The van der Waals surface area contributed by atoms with Crippen LogP contribution in [0.2, 0.25) is 0 Å². The normalized spacial score (nSPS) is 18.2. The summed E-state index contributed by atoms with van der Waals surface area (Å²) in [6.45, 7) is 1.53. The summed E-state index contributed by atoms with van der Waals surface area (Å²) < 4.78 is 10.8. The van der Waals surface area contributed by atoms with Gasteiger partial charge < -0.3 is 9.47 Å². The molecule has 1 atom stereocenters. The molecule has 1 aromatic heterocycles. The Labute approximate surface area is 106 Å². The number of hydrogen-bond acceptors (Lipinski definition) is 3. The lowest BCUT2D eigenvalue weighted by molar-refractivity contribution is 0.141. The topological polar surface area (TPSA) is 18.5 Å². The number of hydrogen-bond donors (Lipinski definition) is 0. The highest BCUT2D eigenvalue weighted by molar-refractivity contribution is 7.07. The molecule has 0 aliphatic carbocycles. The molecule has 0 saturated carbocycles. The average Bonchev–Trinajstić information content (AvgIpc) is 3.06. The van der Waals surface area contributed by atoms with Gasteiger partial charge in [0.25, 0.3) is 0 Å². The zero-order valence-corrected chi connectivity index (χ0v) is 10.3. The summed E-state index contributed by atoms with van der Waals surface area (Å²) in [6, 6.07) is 14.5. The highest BCUT2D eigenvalue weighted by Crippen LogP contribution is 2.14. The first-order valence-electron chi connectivity index (χ1n) is 5.56. The number of rotatable bonds is 2. The number of para-hydroxylation sites is 1. The number of thiophene rings is 1. The minimum Gasteiger partial charge on any atom is -0.487 e. The lowest BCUT2D eigenvalue weighted by Gasteiger charge is -2.10. The van der Waals surface area contributed by atoms with Crippen molar-refractivity contribution in [2.45, 2.75) is 12.5 Å². The molecule has 0 bridgehead atoms. The maximum atomic E-state index is 5.59. The third-order valence-electron chi connectivity index (χ3n) is 2.24. The van der Waals surface area contributed by atoms with Crippen LogP contribution in [0.1, 0.15) is 6.42 Å². The Hall–Kier alpha value is -1.32. The van der Waals surface area contributed by atoms with Crippen molar-refractivity contribution in [3.63, 3.8) is 0 Å². The molecule has 1 saturated heterocycles. The van der Waals surface area contributed by atoms with Crippen LogP contribution in [0.4, 0.5) is 0 Å². The Bertz CT molecular complexity index is 363. The molecular formula is C14H14O2S. The van der Waals surface area contributed by atoms with Crippen LogP contribution < -0.4 is 4.74 Å². The quantitative estimate of drug-likeness (QED) is 0.810. The third kappa shape index (κ3) is 4.59. The van der Waals surface area contributed by atoms with Crippen LogP contribution in [-0.4, -0.2) is 19.3 Å². The van der Waals surface area contributed by atoms with Gasteiger partial charge in [0.15, 0.2) is 0 Å². The first kappa shape index (κ1) is 12.1. The maximum Gasteiger partial charge on any atom is 0.127 e. The van der Waals surface area contributed by atoms with Gasteiger partial charge in [0.05, 0.1) is 13.2 Å². The van der Waals surface area contributed by atoms with Gasteiger partial charge >= 0.3 is 0 Å². The first-order valence-corrected chi connectivity index (χ1v) is 6.44. The van der Waals surface area contributed by atoms with Gasteiger partial charge in [-0.2, -0.15) is 0 Å². The van der Waals surface area contributed by atoms with Gasteiger partial charge in [0, 0.05) is 17.9 Å². The average molecular weight is 246 g/mol. The fourth-order valence-corrected chi connectivity index (χ4v) is 1.82. The molecule has 1 aliphatic heterocycles. The van der Waals surface area contributed by atoms with Gasteiger partial charge in [0.2, 0.25) is 0 Å². The van der Waals surface area contributed by atoms with Crippen LogP contribution in [0.15, 0.2) is 41.8 Å². The van der Waals surface area contributed by atoms with Crippen LogP contribution >= 0.6 is 11.3 Å². The summed E-state index contributed by atoms with van der Waals surface area (Å²) in [4.78, 5) is 0. The summed E-state index contributed by atoms with van der Waals surface area (Å²) in [6.07, 6.45) is 1.21. The first-order chi connectivity index (χ1) is 8.45.